The van der Waals surface area contributed by atoms with Gasteiger partial charge >= 0.3 is 0 Å². The Morgan fingerprint density at radius 1 is 1.22 bits per heavy atom. The Kier molecular flexibility index (Phi) is 7.21. The molecular weight excluding hydrogens is 342 g/mol. The van der Waals surface area contributed by atoms with Crippen LogP contribution < -0.4 is 20.1 Å². The fourth-order valence-electron chi connectivity index (χ4n) is 3.94. The molecule has 1 aliphatic heterocycles. The fourth-order valence-corrected chi connectivity index (χ4v) is 3.94. The molecule has 1 saturated carbocycles. The second-order valence-corrected chi connectivity index (χ2v) is 7.46. The van der Waals surface area contributed by atoms with Crippen molar-refractivity contribution in [2.75, 3.05) is 40.0 Å². The van der Waals surface area contributed by atoms with Gasteiger partial charge in [0, 0.05) is 26.8 Å². The van der Waals surface area contributed by atoms with Gasteiger partial charge < -0.3 is 24.8 Å². The normalized spacial score (nSPS) is 21.1. The van der Waals surface area contributed by atoms with Crippen LogP contribution in [0, 0.1) is 5.41 Å². The Morgan fingerprint density at radius 3 is 2.74 bits per heavy atom. The third-order valence-corrected chi connectivity index (χ3v) is 5.56. The maximum Gasteiger partial charge on any atom is 0.191 e. The molecule has 1 heterocycles. The van der Waals surface area contributed by atoms with Crippen LogP contribution in [0.1, 0.15) is 39.0 Å². The molecule has 3 rings (SSSR count). The molecule has 0 radical (unpaired) electrons. The van der Waals surface area contributed by atoms with Gasteiger partial charge in [0.1, 0.15) is 12.7 Å². The van der Waals surface area contributed by atoms with E-state index >= 15 is 0 Å². The quantitative estimate of drug-likeness (QED) is 0.415. The molecule has 0 amide bonds. The molecule has 150 valence electrons. The van der Waals surface area contributed by atoms with Crippen LogP contribution >= 0.6 is 0 Å². The van der Waals surface area contributed by atoms with Crippen LogP contribution in [0.3, 0.4) is 0 Å². The van der Waals surface area contributed by atoms with E-state index in [0.717, 1.165) is 43.6 Å². The SMILES string of the molecule is CCOCCC1(CNC(=NC)NCC2COc3ccccc3O2)CCCC1. The number of fused-ring (bicyclic) bond motifs is 1. The lowest BCUT2D eigenvalue weighted by Crippen LogP contribution is -2.47. The molecule has 1 aromatic carbocycles. The number of benzene rings is 1. The van der Waals surface area contributed by atoms with Crippen molar-refractivity contribution in [3.05, 3.63) is 24.3 Å². The molecule has 27 heavy (non-hydrogen) atoms. The van der Waals surface area contributed by atoms with Crippen molar-refractivity contribution in [2.24, 2.45) is 10.4 Å². The van der Waals surface area contributed by atoms with E-state index in [1.807, 2.05) is 31.3 Å². The second kappa shape index (κ2) is 9.83. The number of guanidine groups is 1. The topological polar surface area (TPSA) is 64.1 Å². The lowest BCUT2D eigenvalue weighted by molar-refractivity contribution is 0.0933. The van der Waals surface area contributed by atoms with Crippen molar-refractivity contribution in [3.8, 4) is 11.5 Å². The Hall–Kier alpha value is -1.95. The van der Waals surface area contributed by atoms with Crippen LogP contribution in [0.15, 0.2) is 29.3 Å². The average molecular weight is 376 g/mol. The summed E-state index contributed by atoms with van der Waals surface area (Å²) in [7, 11) is 1.81. The Labute approximate surface area is 162 Å². The lowest BCUT2D eigenvalue weighted by Gasteiger charge is -2.31. The van der Waals surface area contributed by atoms with Gasteiger partial charge in [0.15, 0.2) is 17.5 Å². The maximum atomic E-state index is 6.00. The highest BCUT2D eigenvalue weighted by Gasteiger charge is 2.33. The summed E-state index contributed by atoms with van der Waals surface area (Å²) in [5.41, 5.74) is 0.330. The zero-order valence-electron chi connectivity index (χ0n) is 16.6. The average Bonchev–Trinajstić information content (AvgIpc) is 3.17. The standard InChI is InChI=1S/C21H33N3O3/c1-3-25-13-12-21(10-6-7-11-21)16-24-20(22-2)23-14-17-15-26-18-8-4-5-9-19(18)27-17/h4-5,8-9,17H,3,6-7,10-16H2,1-2H3,(H2,22,23,24). The molecule has 0 bridgehead atoms. The predicted molar refractivity (Wildman–Crippen MR) is 108 cm³/mol. The van der Waals surface area contributed by atoms with Crippen LogP contribution in [-0.4, -0.2) is 52.0 Å². The Morgan fingerprint density at radius 2 is 2.00 bits per heavy atom. The summed E-state index contributed by atoms with van der Waals surface area (Å²) in [4.78, 5) is 4.37. The lowest BCUT2D eigenvalue weighted by atomic mass is 9.83. The third-order valence-electron chi connectivity index (χ3n) is 5.56. The largest absolute Gasteiger partial charge is 0.486 e. The molecule has 1 fully saturated rings. The summed E-state index contributed by atoms with van der Waals surface area (Å²) < 4.78 is 17.4. The van der Waals surface area contributed by atoms with E-state index in [9.17, 15) is 0 Å². The third kappa shape index (κ3) is 5.51. The molecule has 6 nitrogen and oxygen atoms in total. The van der Waals surface area contributed by atoms with Crippen LogP contribution in [0.2, 0.25) is 0 Å². The van der Waals surface area contributed by atoms with E-state index in [1.165, 1.54) is 25.7 Å². The minimum atomic E-state index is -0.0307. The molecule has 0 aromatic heterocycles. The van der Waals surface area contributed by atoms with Crippen LogP contribution in [-0.2, 0) is 4.74 Å². The number of nitrogens with zero attached hydrogens (tertiary/aromatic N) is 1. The minimum absolute atomic E-state index is 0.0307. The van der Waals surface area contributed by atoms with Crippen LogP contribution in [0.5, 0.6) is 11.5 Å². The number of nitrogens with one attached hydrogen (secondary N) is 2. The van der Waals surface area contributed by atoms with E-state index in [1.54, 1.807) is 0 Å². The first-order valence-electron chi connectivity index (χ1n) is 10.2. The van der Waals surface area contributed by atoms with E-state index in [4.69, 9.17) is 14.2 Å². The van der Waals surface area contributed by atoms with Crippen molar-refractivity contribution >= 4 is 5.96 Å². The van der Waals surface area contributed by atoms with E-state index < -0.39 is 0 Å². The Balaban J connectivity index is 1.45. The van der Waals surface area contributed by atoms with Crippen LogP contribution in [0.25, 0.3) is 0 Å². The van der Waals surface area contributed by atoms with Gasteiger partial charge in [-0.1, -0.05) is 25.0 Å². The van der Waals surface area contributed by atoms with E-state index in [2.05, 4.69) is 22.5 Å². The molecule has 1 atom stereocenters. The van der Waals surface area contributed by atoms with Gasteiger partial charge in [-0.3, -0.25) is 4.99 Å². The first-order valence-corrected chi connectivity index (χ1v) is 10.2. The van der Waals surface area contributed by atoms with Gasteiger partial charge in [-0.2, -0.15) is 0 Å². The van der Waals surface area contributed by atoms with Crippen LogP contribution in [0.4, 0.5) is 0 Å². The second-order valence-electron chi connectivity index (χ2n) is 7.46. The highest BCUT2D eigenvalue weighted by atomic mass is 16.6. The van der Waals surface area contributed by atoms with E-state index in [-0.39, 0.29) is 6.10 Å². The van der Waals surface area contributed by atoms with Gasteiger partial charge in [0.2, 0.25) is 0 Å². The summed E-state index contributed by atoms with van der Waals surface area (Å²) in [6, 6.07) is 7.79. The zero-order valence-corrected chi connectivity index (χ0v) is 16.6. The molecular formula is C21H33N3O3. The van der Waals surface area contributed by atoms with Gasteiger partial charge in [-0.05, 0) is 43.7 Å². The minimum Gasteiger partial charge on any atom is -0.486 e. The number of para-hydroxylation sites is 2. The zero-order chi connectivity index (χ0) is 19.0. The summed E-state index contributed by atoms with van der Waals surface area (Å²) in [6.45, 7) is 5.82. The van der Waals surface area contributed by atoms with Gasteiger partial charge in [0.05, 0.1) is 6.54 Å². The molecule has 2 aliphatic rings. The van der Waals surface area contributed by atoms with Gasteiger partial charge in [-0.25, -0.2) is 0 Å². The van der Waals surface area contributed by atoms with Crippen molar-refractivity contribution in [1.82, 2.24) is 10.6 Å². The number of hydrogen-bond donors (Lipinski definition) is 2. The van der Waals surface area contributed by atoms with Crippen molar-refractivity contribution < 1.29 is 14.2 Å². The van der Waals surface area contributed by atoms with E-state index in [0.29, 0.717) is 18.6 Å². The number of hydrogen-bond acceptors (Lipinski definition) is 4. The van der Waals surface area contributed by atoms with Crippen molar-refractivity contribution in [3.63, 3.8) is 0 Å². The molecule has 1 aromatic rings. The first kappa shape index (κ1) is 19.8. The maximum absolute atomic E-state index is 6.00. The number of rotatable bonds is 8. The molecule has 0 spiro atoms. The molecule has 1 aliphatic carbocycles. The highest BCUT2D eigenvalue weighted by molar-refractivity contribution is 5.79. The summed E-state index contributed by atoms with van der Waals surface area (Å²) in [5.74, 6) is 2.44. The van der Waals surface area contributed by atoms with Gasteiger partial charge in [-0.15, -0.1) is 0 Å². The predicted octanol–water partition coefficient (Wildman–Crippen LogP) is 2.98. The molecule has 2 N–H and O–H groups in total. The molecule has 6 heteroatoms. The van der Waals surface area contributed by atoms with Crippen molar-refractivity contribution in [1.29, 1.82) is 0 Å². The summed E-state index contributed by atoms with van der Waals surface area (Å²) >= 11 is 0. The highest BCUT2D eigenvalue weighted by Crippen LogP contribution is 2.40. The fraction of sp³-hybridized carbons (Fsp3) is 0.667. The van der Waals surface area contributed by atoms with Gasteiger partial charge in [0.25, 0.3) is 0 Å². The number of ether oxygens (including phenoxy) is 3. The van der Waals surface area contributed by atoms with Crippen molar-refractivity contribution in [2.45, 2.75) is 45.1 Å². The summed E-state index contributed by atoms with van der Waals surface area (Å²) in [6.07, 6.45) is 6.23. The monoisotopic (exact) mass is 375 g/mol. The molecule has 1 unspecified atom stereocenters. The molecule has 0 saturated heterocycles. The summed E-state index contributed by atoms with van der Waals surface area (Å²) in [5, 5.41) is 6.91. The Bertz CT molecular complexity index is 614. The number of aliphatic imine (C=N–C) groups is 1. The smallest absolute Gasteiger partial charge is 0.191 e. The first-order chi connectivity index (χ1) is 13.2.